The van der Waals surface area contributed by atoms with Crippen molar-refractivity contribution in [3.05, 3.63) is 24.0 Å². The minimum Gasteiger partial charge on any atom is -0.409 e. The summed E-state index contributed by atoms with van der Waals surface area (Å²) in [4.78, 5) is 28.1. The Morgan fingerprint density at radius 1 is 1.33 bits per heavy atom. The van der Waals surface area contributed by atoms with Gasteiger partial charge < -0.3 is 20.1 Å². The van der Waals surface area contributed by atoms with Gasteiger partial charge in [0.1, 0.15) is 5.69 Å². The number of hydrogen-bond donors (Lipinski definition) is 1. The summed E-state index contributed by atoms with van der Waals surface area (Å²) in [7, 11) is 0. The Hall–Kier alpha value is -2.15. The molecule has 0 saturated carbocycles. The summed E-state index contributed by atoms with van der Waals surface area (Å²) in [5, 5.41) is 0. The number of morpholine rings is 1. The van der Waals surface area contributed by atoms with Gasteiger partial charge in [-0.3, -0.25) is 4.79 Å². The van der Waals surface area contributed by atoms with E-state index in [1.165, 1.54) is 18.3 Å². The molecule has 0 spiro atoms. The van der Waals surface area contributed by atoms with Gasteiger partial charge in [0, 0.05) is 13.1 Å². The van der Waals surface area contributed by atoms with Crippen LogP contribution in [0.2, 0.25) is 0 Å². The Morgan fingerprint density at radius 2 is 2.06 bits per heavy atom. The van der Waals surface area contributed by atoms with Crippen LogP contribution in [0.3, 0.4) is 0 Å². The molecule has 0 bridgehead atoms. The van der Waals surface area contributed by atoms with Crippen LogP contribution in [0.5, 0.6) is 5.75 Å². The average molecular weight is 251 g/mol. The van der Waals surface area contributed by atoms with Gasteiger partial charge in [-0.05, 0) is 12.1 Å². The Kier molecular flexibility index (Phi) is 3.73. The molecule has 1 aliphatic heterocycles. The fraction of sp³-hybridized carbons (Fsp3) is 0.364. The lowest BCUT2D eigenvalue weighted by atomic mass is 10.3. The van der Waals surface area contributed by atoms with Gasteiger partial charge in [0.2, 0.25) is 0 Å². The van der Waals surface area contributed by atoms with E-state index in [9.17, 15) is 9.59 Å². The fourth-order valence-electron chi connectivity index (χ4n) is 1.61. The zero-order valence-electron chi connectivity index (χ0n) is 9.67. The van der Waals surface area contributed by atoms with Crippen LogP contribution in [-0.4, -0.2) is 48.2 Å². The number of rotatable bonds is 2. The van der Waals surface area contributed by atoms with E-state index in [2.05, 4.69) is 9.72 Å². The van der Waals surface area contributed by atoms with Crippen molar-refractivity contribution in [3.63, 3.8) is 0 Å². The van der Waals surface area contributed by atoms with Crippen molar-refractivity contribution < 1.29 is 19.1 Å². The smallest absolute Gasteiger partial charge is 0.409 e. The maximum Gasteiger partial charge on any atom is 0.410 e. The van der Waals surface area contributed by atoms with Gasteiger partial charge in [-0.15, -0.1) is 0 Å². The van der Waals surface area contributed by atoms with Crippen molar-refractivity contribution in [1.82, 2.24) is 9.88 Å². The number of aromatic nitrogens is 1. The van der Waals surface area contributed by atoms with Crippen LogP contribution in [0.25, 0.3) is 0 Å². The third kappa shape index (κ3) is 2.95. The summed E-state index contributed by atoms with van der Waals surface area (Å²) in [6.07, 6.45) is 0.377. The molecule has 2 N–H and O–H groups in total. The first-order valence-corrected chi connectivity index (χ1v) is 5.47. The predicted octanol–water partition coefficient (Wildman–Crippen LogP) is 0.0115. The molecule has 2 rings (SSSR count). The maximum absolute atomic E-state index is 12.0. The van der Waals surface area contributed by atoms with Gasteiger partial charge >= 0.3 is 6.09 Å². The van der Waals surface area contributed by atoms with Gasteiger partial charge in [-0.2, -0.15) is 0 Å². The zero-order chi connectivity index (χ0) is 13.0. The normalized spacial score (nSPS) is 15.2. The lowest BCUT2D eigenvalue weighted by Gasteiger charge is -2.26. The predicted molar refractivity (Wildman–Crippen MR) is 61.2 cm³/mol. The van der Waals surface area contributed by atoms with Crippen LogP contribution in [0.1, 0.15) is 10.5 Å². The van der Waals surface area contributed by atoms with Crippen molar-refractivity contribution in [3.8, 4) is 5.75 Å². The highest BCUT2D eigenvalue weighted by Gasteiger charge is 2.19. The summed E-state index contributed by atoms with van der Waals surface area (Å²) in [6, 6.07) is 2.97. The number of primary amides is 1. The van der Waals surface area contributed by atoms with Crippen molar-refractivity contribution in [2.75, 3.05) is 26.3 Å². The Morgan fingerprint density at radius 3 is 2.61 bits per heavy atom. The van der Waals surface area contributed by atoms with Crippen molar-refractivity contribution >= 4 is 12.0 Å². The molecule has 1 saturated heterocycles. The molecule has 7 heteroatoms. The van der Waals surface area contributed by atoms with Crippen LogP contribution < -0.4 is 10.5 Å². The van der Waals surface area contributed by atoms with E-state index >= 15 is 0 Å². The van der Waals surface area contributed by atoms with Crippen LogP contribution >= 0.6 is 0 Å². The number of carbonyl (C=O) groups excluding carboxylic acids is 2. The summed E-state index contributed by atoms with van der Waals surface area (Å²) in [5.41, 5.74) is 5.16. The minimum absolute atomic E-state index is 0.163. The summed E-state index contributed by atoms with van der Waals surface area (Å²) in [6.45, 7) is 2.18. The first kappa shape index (κ1) is 12.3. The maximum atomic E-state index is 12.0. The molecule has 1 aromatic heterocycles. The fourth-order valence-corrected chi connectivity index (χ4v) is 1.61. The summed E-state index contributed by atoms with van der Waals surface area (Å²) < 4.78 is 9.79. The second-order valence-corrected chi connectivity index (χ2v) is 3.70. The molecule has 18 heavy (non-hydrogen) atoms. The number of amides is 2. The highest BCUT2D eigenvalue weighted by Crippen LogP contribution is 2.11. The third-order valence-corrected chi connectivity index (χ3v) is 2.47. The molecule has 0 aliphatic carbocycles. The molecular formula is C11H13N3O4. The van der Waals surface area contributed by atoms with E-state index in [-0.39, 0.29) is 11.7 Å². The van der Waals surface area contributed by atoms with Crippen LogP contribution in [0.15, 0.2) is 18.3 Å². The largest absolute Gasteiger partial charge is 0.410 e. The SMILES string of the molecule is NC(=O)Oc1ccc(C(=O)N2CCOCC2)nc1. The van der Waals surface area contributed by atoms with Crippen LogP contribution in [-0.2, 0) is 4.74 Å². The second kappa shape index (κ2) is 5.46. The molecular weight excluding hydrogens is 238 g/mol. The highest BCUT2D eigenvalue weighted by atomic mass is 16.5. The molecule has 0 radical (unpaired) electrons. The number of hydrogen-bond acceptors (Lipinski definition) is 5. The standard InChI is InChI=1S/C11H13N3O4/c12-11(16)18-8-1-2-9(13-7-8)10(15)14-3-5-17-6-4-14/h1-2,7H,3-6H2,(H2,12,16). The molecule has 1 aromatic rings. The molecule has 96 valence electrons. The van der Waals surface area contributed by atoms with E-state index in [0.717, 1.165) is 0 Å². The van der Waals surface area contributed by atoms with E-state index < -0.39 is 6.09 Å². The Labute approximate surface area is 103 Å². The topological polar surface area (TPSA) is 94.8 Å². The van der Waals surface area contributed by atoms with Crippen molar-refractivity contribution in [2.24, 2.45) is 5.73 Å². The number of carbonyl (C=O) groups is 2. The van der Waals surface area contributed by atoms with E-state index in [4.69, 9.17) is 10.5 Å². The Balaban J connectivity index is 2.04. The van der Waals surface area contributed by atoms with E-state index in [0.29, 0.717) is 32.0 Å². The number of ether oxygens (including phenoxy) is 2. The molecule has 2 heterocycles. The molecule has 0 aromatic carbocycles. The number of nitrogens with two attached hydrogens (primary N) is 1. The average Bonchev–Trinajstić information content (AvgIpc) is 2.39. The van der Waals surface area contributed by atoms with Crippen molar-refractivity contribution in [1.29, 1.82) is 0 Å². The monoisotopic (exact) mass is 251 g/mol. The van der Waals surface area contributed by atoms with Gasteiger partial charge in [0.15, 0.2) is 5.75 Å². The highest BCUT2D eigenvalue weighted by molar-refractivity contribution is 5.92. The molecule has 2 amide bonds. The third-order valence-electron chi connectivity index (χ3n) is 2.47. The van der Waals surface area contributed by atoms with Crippen molar-refractivity contribution in [2.45, 2.75) is 0 Å². The molecule has 1 aliphatic rings. The molecule has 1 fully saturated rings. The first-order chi connectivity index (χ1) is 8.66. The van der Waals surface area contributed by atoms with Gasteiger partial charge in [-0.25, -0.2) is 9.78 Å². The lowest BCUT2D eigenvalue weighted by Crippen LogP contribution is -2.41. The van der Waals surface area contributed by atoms with Gasteiger partial charge in [-0.1, -0.05) is 0 Å². The second-order valence-electron chi connectivity index (χ2n) is 3.70. The minimum atomic E-state index is -0.913. The van der Waals surface area contributed by atoms with E-state index in [1.807, 2.05) is 0 Å². The molecule has 0 unspecified atom stereocenters. The summed E-state index contributed by atoms with van der Waals surface area (Å²) in [5.74, 6) is 0.0463. The van der Waals surface area contributed by atoms with Gasteiger partial charge in [0.25, 0.3) is 5.91 Å². The van der Waals surface area contributed by atoms with Crippen LogP contribution in [0, 0.1) is 0 Å². The summed E-state index contributed by atoms with van der Waals surface area (Å²) >= 11 is 0. The molecule has 7 nitrogen and oxygen atoms in total. The van der Waals surface area contributed by atoms with Gasteiger partial charge in [0.05, 0.1) is 19.4 Å². The lowest BCUT2D eigenvalue weighted by molar-refractivity contribution is 0.0299. The number of nitrogens with zero attached hydrogens (tertiary/aromatic N) is 2. The van der Waals surface area contributed by atoms with Crippen LogP contribution in [0.4, 0.5) is 4.79 Å². The quantitative estimate of drug-likeness (QED) is 0.799. The Bertz CT molecular complexity index is 440. The zero-order valence-corrected chi connectivity index (χ0v) is 9.67. The number of pyridine rings is 1. The first-order valence-electron chi connectivity index (χ1n) is 5.47. The van der Waals surface area contributed by atoms with E-state index in [1.54, 1.807) is 4.90 Å². The molecule has 0 atom stereocenters.